The number of halogens is 1. The minimum Gasteiger partial charge on any atom is -0.377 e. The molecule has 1 saturated heterocycles. The second-order valence-electron chi connectivity index (χ2n) is 5.97. The second-order valence-corrected chi connectivity index (χ2v) is 6.40. The molecule has 0 aromatic heterocycles. The monoisotopic (exact) mass is 296 g/mol. The van der Waals surface area contributed by atoms with Crippen molar-refractivity contribution in [1.29, 1.82) is 0 Å². The lowest BCUT2D eigenvalue weighted by molar-refractivity contribution is 0.0643. The molecule has 0 spiro atoms. The SMILES string of the molecule is CCCNCc1ccc(Cl)cc1N1CCOCC1(C)C. The summed E-state index contributed by atoms with van der Waals surface area (Å²) in [6.45, 7) is 11.0. The quantitative estimate of drug-likeness (QED) is 0.842. The van der Waals surface area contributed by atoms with Crippen LogP contribution < -0.4 is 10.2 Å². The third-order valence-corrected chi connectivity index (χ3v) is 3.96. The van der Waals surface area contributed by atoms with E-state index in [2.05, 4.69) is 43.1 Å². The first-order valence-corrected chi connectivity index (χ1v) is 7.77. The Morgan fingerprint density at radius 2 is 2.20 bits per heavy atom. The Labute approximate surface area is 127 Å². The van der Waals surface area contributed by atoms with Gasteiger partial charge in [0.1, 0.15) is 0 Å². The van der Waals surface area contributed by atoms with Crippen molar-refractivity contribution in [2.75, 3.05) is 31.2 Å². The van der Waals surface area contributed by atoms with Crippen molar-refractivity contribution >= 4 is 17.3 Å². The summed E-state index contributed by atoms with van der Waals surface area (Å²) in [6.07, 6.45) is 1.14. The van der Waals surface area contributed by atoms with Crippen LogP contribution in [0.5, 0.6) is 0 Å². The predicted octanol–water partition coefficient (Wildman–Crippen LogP) is 3.45. The van der Waals surface area contributed by atoms with E-state index in [9.17, 15) is 0 Å². The molecule has 0 radical (unpaired) electrons. The summed E-state index contributed by atoms with van der Waals surface area (Å²) in [6, 6.07) is 6.19. The Hall–Kier alpha value is -0.770. The van der Waals surface area contributed by atoms with Crippen LogP contribution in [0.3, 0.4) is 0 Å². The molecular formula is C16H25ClN2O. The van der Waals surface area contributed by atoms with Gasteiger partial charge in [-0.25, -0.2) is 0 Å². The van der Waals surface area contributed by atoms with Crippen LogP contribution in [0, 0.1) is 0 Å². The lowest BCUT2D eigenvalue weighted by Crippen LogP contribution is -2.53. The molecule has 112 valence electrons. The zero-order chi connectivity index (χ0) is 14.6. The van der Waals surface area contributed by atoms with Crippen LogP contribution in [0.15, 0.2) is 18.2 Å². The maximum atomic E-state index is 6.21. The van der Waals surface area contributed by atoms with Gasteiger partial charge in [0.2, 0.25) is 0 Å². The Morgan fingerprint density at radius 3 is 2.90 bits per heavy atom. The fourth-order valence-corrected chi connectivity index (χ4v) is 2.81. The van der Waals surface area contributed by atoms with Gasteiger partial charge < -0.3 is 15.0 Å². The van der Waals surface area contributed by atoms with E-state index in [4.69, 9.17) is 16.3 Å². The number of hydrogen-bond acceptors (Lipinski definition) is 3. The van der Waals surface area contributed by atoms with Crippen molar-refractivity contribution in [3.05, 3.63) is 28.8 Å². The molecule has 20 heavy (non-hydrogen) atoms. The molecule has 2 rings (SSSR count). The van der Waals surface area contributed by atoms with E-state index in [-0.39, 0.29) is 5.54 Å². The van der Waals surface area contributed by atoms with Crippen molar-refractivity contribution in [2.24, 2.45) is 0 Å². The van der Waals surface area contributed by atoms with Gasteiger partial charge in [0.15, 0.2) is 0 Å². The van der Waals surface area contributed by atoms with Crippen LogP contribution in [0.1, 0.15) is 32.8 Å². The molecule has 4 heteroatoms. The van der Waals surface area contributed by atoms with Crippen LogP contribution >= 0.6 is 11.6 Å². The first kappa shape index (κ1) is 15.6. The zero-order valence-electron chi connectivity index (χ0n) is 12.7. The number of ether oxygens (including phenoxy) is 1. The number of anilines is 1. The van der Waals surface area contributed by atoms with Gasteiger partial charge in [-0.1, -0.05) is 24.6 Å². The van der Waals surface area contributed by atoms with Gasteiger partial charge in [-0.05, 0) is 44.5 Å². The Kier molecular flexibility index (Phi) is 5.30. The highest BCUT2D eigenvalue weighted by Crippen LogP contribution is 2.32. The zero-order valence-corrected chi connectivity index (χ0v) is 13.5. The highest BCUT2D eigenvalue weighted by molar-refractivity contribution is 6.30. The van der Waals surface area contributed by atoms with Crippen molar-refractivity contribution in [3.8, 4) is 0 Å². The Morgan fingerprint density at radius 1 is 1.40 bits per heavy atom. The molecule has 1 fully saturated rings. The number of nitrogens with one attached hydrogen (secondary N) is 1. The van der Waals surface area contributed by atoms with E-state index < -0.39 is 0 Å². The van der Waals surface area contributed by atoms with Crippen molar-refractivity contribution in [1.82, 2.24) is 5.32 Å². The molecule has 0 saturated carbocycles. The number of nitrogens with zero attached hydrogens (tertiary/aromatic N) is 1. The average Bonchev–Trinajstić information content (AvgIpc) is 2.40. The minimum atomic E-state index is 0.00242. The molecule has 1 heterocycles. The molecule has 1 aliphatic heterocycles. The topological polar surface area (TPSA) is 24.5 Å². The summed E-state index contributed by atoms with van der Waals surface area (Å²) in [5.74, 6) is 0. The molecule has 1 aromatic rings. The van der Waals surface area contributed by atoms with Crippen LogP contribution in [0.4, 0.5) is 5.69 Å². The van der Waals surface area contributed by atoms with E-state index in [1.807, 2.05) is 6.07 Å². The second kappa shape index (κ2) is 6.79. The number of rotatable bonds is 5. The van der Waals surface area contributed by atoms with Gasteiger partial charge in [0.05, 0.1) is 18.8 Å². The smallest absolute Gasteiger partial charge is 0.0694 e. The van der Waals surface area contributed by atoms with Crippen LogP contribution in [0.25, 0.3) is 0 Å². The van der Waals surface area contributed by atoms with E-state index in [0.29, 0.717) is 0 Å². The van der Waals surface area contributed by atoms with Gasteiger partial charge in [-0.15, -0.1) is 0 Å². The van der Waals surface area contributed by atoms with Gasteiger partial charge in [-0.2, -0.15) is 0 Å². The molecular weight excluding hydrogens is 272 g/mol. The van der Waals surface area contributed by atoms with E-state index >= 15 is 0 Å². The van der Waals surface area contributed by atoms with Gasteiger partial charge in [0, 0.05) is 23.8 Å². The molecule has 0 amide bonds. The largest absolute Gasteiger partial charge is 0.377 e. The van der Waals surface area contributed by atoms with Crippen LogP contribution in [-0.2, 0) is 11.3 Å². The summed E-state index contributed by atoms with van der Waals surface area (Å²) in [4.78, 5) is 2.42. The van der Waals surface area contributed by atoms with Gasteiger partial charge >= 0.3 is 0 Å². The molecule has 0 unspecified atom stereocenters. The molecule has 3 nitrogen and oxygen atoms in total. The standard InChI is InChI=1S/C16H25ClN2O/c1-4-7-18-11-13-5-6-14(17)10-15(13)19-8-9-20-12-16(19,2)3/h5-6,10,18H,4,7-9,11-12H2,1-3H3. The summed E-state index contributed by atoms with van der Waals surface area (Å²) in [7, 11) is 0. The fraction of sp³-hybridized carbons (Fsp3) is 0.625. The first-order chi connectivity index (χ1) is 9.54. The lowest BCUT2D eigenvalue weighted by Gasteiger charge is -2.44. The summed E-state index contributed by atoms with van der Waals surface area (Å²) in [5, 5.41) is 4.27. The minimum absolute atomic E-state index is 0.00242. The normalized spacial score (nSPS) is 18.3. The maximum absolute atomic E-state index is 6.21. The molecule has 1 aliphatic rings. The number of hydrogen-bond donors (Lipinski definition) is 1. The van der Waals surface area contributed by atoms with Crippen LogP contribution in [0.2, 0.25) is 5.02 Å². The third-order valence-electron chi connectivity index (χ3n) is 3.73. The third kappa shape index (κ3) is 3.66. The van der Waals surface area contributed by atoms with E-state index in [0.717, 1.165) is 44.3 Å². The Bertz CT molecular complexity index is 448. The highest BCUT2D eigenvalue weighted by atomic mass is 35.5. The summed E-state index contributed by atoms with van der Waals surface area (Å²) in [5.41, 5.74) is 2.54. The van der Waals surface area contributed by atoms with Crippen molar-refractivity contribution < 1.29 is 4.74 Å². The van der Waals surface area contributed by atoms with Crippen LogP contribution in [-0.4, -0.2) is 31.8 Å². The predicted molar refractivity (Wildman–Crippen MR) is 85.7 cm³/mol. The molecule has 0 bridgehead atoms. The lowest BCUT2D eigenvalue weighted by atomic mass is 9.99. The van der Waals surface area contributed by atoms with E-state index in [1.54, 1.807) is 0 Å². The maximum Gasteiger partial charge on any atom is 0.0694 e. The highest BCUT2D eigenvalue weighted by Gasteiger charge is 2.31. The molecule has 1 aromatic carbocycles. The molecule has 0 atom stereocenters. The number of benzene rings is 1. The van der Waals surface area contributed by atoms with E-state index in [1.165, 1.54) is 11.3 Å². The van der Waals surface area contributed by atoms with Crippen molar-refractivity contribution in [2.45, 2.75) is 39.3 Å². The number of morpholine rings is 1. The molecule has 0 aliphatic carbocycles. The van der Waals surface area contributed by atoms with Crippen molar-refractivity contribution in [3.63, 3.8) is 0 Å². The van der Waals surface area contributed by atoms with Gasteiger partial charge in [0.25, 0.3) is 0 Å². The Balaban J connectivity index is 2.25. The summed E-state index contributed by atoms with van der Waals surface area (Å²) < 4.78 is 5.61. The van der Waals surface area contributed by atoms with Gasteiger partial charge in [-0.3, -0.25) is 0 Å². The summed E-state index contributed by atoms with van der Waals surface area (Å²) >= 11 is 6.21. The first-order valence-electron chi connectivity index (χ1n) is 7.39. The fourth-order valence-electron chi connectivity index (χ4n) is 2.64. The average molecular weight is 297 g/mol. The molecule has 1 N–H and O–H groups in total.